The van der Waals surface area contributed by atoms with Crippen molar-refractivity contribution in [2.75, 3.05) is 11.9 Å². The molecule has 0 aliphatic heterocycles. The Kier molecular flexibility index (Phi) is 5.99. The van der Waals surface area contributed by atoms with Gasteiger partial charge in [0, 0.05) is 15.5 Å². The Labute approximate surface area is 162 Å². The highest BCUT2D eigenvalue weighted by atomic mass is 35.5. The minimum absolute atomic E-state index is 0.252. The second kappa shape index (κ2) is 8.23. The van der Waals surface area contributed by atoms with Crippen LogP contribution in [-0.2, 0) is 17.6 Å². The monoisotopic (exact) mass is 391 g/mol. The highest BCUT2D eigenvalue weighted by Crippen LogP contribution is 2.41. The first kappa shape index (κ1) is 18.9. The van der Waals surface area contributed by atoms with E-state index < -0.39 is 0 Å². The number of fused-ring (bicyclic) bond motifs is 1. The van der Waals surface area contributed by atoms with Crippen LogP contribution in [0.25, 0.3) is 0 Å². The van der Waals surface area contributed by atoms with Crippen LogP contribution in [0.2, 0.25) is 5.02 Å². The van der Waals surface area contributed by atoms with E-state index in [9.17, 15) is 9.59 Å². The summed E-state index contributed by atoms with van der Waals surface area (Å²) in [7, 11) is 0. The van der Waals surface area contributed by atoms with Gasteiger partial charge in [0.05, 0.1) is 12.2 Å². The molecular weight excluding hydrogens is 370 g/mol. The second-order valence-electron chi connectivity index (χ2n) is 6.41. The molecule has 2 aromatic rings. The molecule has 3 rings (SSSR count). The maximum atomic E-state index is 12.6. The lowest BCUT2D eigenvalue weighted by atomic mass is 9.85. The summed E-state index contributed by atoms with van der Waals surface area (Å²) < 4.78 is 5.25. The zero-order chi connectivity index (χ0) is 18.7. The summed E-state index contributed by atoms with van der Waals surface area (Å²) in [5.74, 6) is 0.0280. The van der Waals surface area contributed by atoms with Gasteiger partial charge in [-0.05, 0) is 61.9 Å². The molecular formula is C20H22ClNO3S. The van der Waals surface area contributed by atoms with E-state index in [0.717, 1.165) is 31.2 Å². The number of halogens is 1. The fourth-order valence-electron chi connectivity index (χ4n) is 3.29. The number of nitrogens with one attached hydrogen (secondary N) is 1. The molecule has 1 aliphatic carbocycles. The largest absolute Gasteiger partial charge is 0.462 e. The predicted octanol–water partition coefficient (Wildman–Crippen LogP) is 5.35. The molecule has 138 valence electrons. The van der Waals surface area contributed by atoms with E-state index in [1.54, 1.807) is 31.2 Å². The van der Waals surface area contributed by atoms with Gasteiger partial charge in [-0.3, -0.25) is 4.79 Å². The fraction of sp³-hybridized carbons (Fsp3) is 0.400. The van der Waals surface area contributed by atoms with Gasteiger partial charge in [-0.1, -0.05) is 24.9 Å². The van der Waals surface area contributed by atoms with E-state index in [2.05, 4.69) is 12.2 Å². The highest BCUT2D eigenvalue weighted by molar-refractivity contribution is 7.17. The van der Waals surface area contributed by atoms with Crippen LogP contribution in [0.1, 0.15) is 57.8 Å². The van der Waals surface area contributed by atoms with E-state index in [-0.39, 0.29) is 11.9 Å². The zero-order valence-corrected chi connectivity index (χ0v) is 16.5. The summed E-state index contributed by atoms with van der Waals surface area (Å²) in [4.78, 5) is 26.3. The summed E-state index contributed by atoms with van der Waals surface area (Å²) >= 11 is 7.39. The molecule has 0 bridgehead atoms. The minimum atomic E-state index is -0.355. The van der Waals surface area contributed by atoms with Crippen molar-refractivity contribution in [2.24, 2.45) is 5.92 Å². The van der Waals surface area contributed by atoms with E-state index in [1.807, 2.05) is 0 Å². The predicted molar refractivity (Wildman–Crippen MR) is 105 cm³/mol. The maximum absolute atomic E-state index is 12.6. The van der Waals surface area contributed by atoms with E-state index in [1.165, 1.54) is 16.2 Å². The van der Waals surface area contributed by atoms with Gasteiger partial charge in [-0.15, -0.1) is 11.3 Å². The average Bonchev–Trinajstić information content (AvgIpc) is 2.99. The lowest BCUT2D eigenvalue weighted by Crippen LogP contribution is -2.17. The first-order valence-corrected chi connectivity index (χ1v) is 10.1. The summed E-state index contributed by atoms with van der Waals surface area (Å²) in [5, 5.41) is 4.07. The van der Waals surface area contributed by atoms with Gasteiger partial charge in [-0.2, -0.15) is 0 Å². The first-order chi connectivity index (χ1) is 12.5. The van der Waals surface area contributed by atoms with Gasteiger partial charge < -0.3 is 10.1 Å². The molecule has 1 heterocycles. The molecule has 1 aromatic heterocycles. The third-order valence-corrected chi connectivity index (χ3v) is 6.18. The van der Waals surface area contributed by atoms with Crippen molar-refractivity contribution in [1.29, 1.82) is 0 Å². The number of anilines is 1. The first-order valence-electron chi connectivity index (χ1n) is 8.92. The smallest absolute Gasteiger partial charge is 0.341 e. The van der Waals surface area contributed by atoms with Crippen LogP contribution in [0.3, 0.4) is 0 Å². The Balaban J connectivity index is 1.92. The Morgan fingerprint density at radius 2 is 2.00 bits per heavy atom. The van der Waals surface area contributed by atoms with Gasteiger partial charge in [0.25, 0.3) is 5.91 Å². The minimum Gasteiger partial charge on any atom is -0.462 e. The third kappa shape index (κ3) is 3.94. The molecule has 0 radical (unpaired) electrons. The molecule has 0 fully saturated rings. The molecule has 6 heteroatoms. The van der Waals surface area contributed by atoms with E-state index >= 15 is 0 Å². The zero-order valence-electron chi connectivity index (χ0n) is 14.9. The number of ether oxygens (including phenoxy) is 1. The quantitative estimate of drug-likeness (QED) is 0.699. The Bertz CT molecular complexity index is 813. The lowest BCUT2D eigenvalue weighted by molar-refractivity contribution is 0.0526. The van der Waals surface area contributed by atoms with Gasteiger partial charge >= 0.3 is 5.97 Å². The Morgan fingerprint density at radius 3 is 2.65 bits per heavy atom. The average molecular weight is 392 g/mol. The van der Waals surface area contributed by atoms with Crippen molar-refractivity contribution in [1.82, 2.24) is 0 Å². The Hall–Kier alpha value is -1.85. The van der Waals surface area contributed by atoms with Crippen LogP contribution in [0, 0.1) is 5.92 Å². The standard InChI is InChI=1S/C20H22ClNO3S/c1-3-12-5-10-15-16(11-12)26-19(17(15)20(24)25-4-2)22-18(23)13-6-8-14(21)9-7-13/h6-9,12H,3-5,10-11H2,1-2H3,(H,22,23)/t12-/m0/s1. The molecule has 1 aliphatic rings. The van der Waals surface area contributed by atoms with Crippen molar-refractivity contribution < 1.29 is 14.3 Å². The molecule has 1 amide bonds. The molecule has 0 saturated heterocycles. The Morgan fingerprint density at radius 1 is 1.27 bits per heavy atom. The van der Waals surface area contributed by atoms with Crippen molar-refractivity contribution >= 4 is 39.8 Å². The summed E-state index contributed by atoms with van der Waals surface area (Å²) in [6, 6.07) is 6.69. The number of amides is 1. The summed E-state index contributed by atoms with van der Waals surface area (Å²) in [6.45, 7) is 4.29. The van der Waals surface area contributed by atoms with Crippen LogP contribution in [0.4, 0.5) is 5.00 Å². The van der Waals surface area contributed by atoms with Crippen LogP contribution in [0.5, 0.6) is 0 Å². The molecule has 1 aromatic carbocycles. The SMILES string of the molecule is CCOC(=O)c1c(NC(=O)c2ccc(Cl)cc2)sc2c1CC[C@H](CC)C2. The summed E-state index contributed by atoms with van der Waals surface area (Å²) in [6.07, 6.45) is 4.00. The van der Waals surface area contributed by atoms with Gasteiger partial charge in [0.2, 0.25) is 0 Å². The van der Waals surface area contributed by atoms with Gasteiger partial charge in [0.15, 0.2) is 0 Å². The molecule has 1 N–H and O–H groups in total. The van der Waals surface area contributed by atoms with Crippen LogP contribution >= 0.6 is 22.9 Å². The van der Waals surface area contributed by atoms with Crippen molar-refractivity contribution in [3.8, 4) is 0 Å². The molecule has 1 atom stereocenters. The number of carbonyl (C=O) groups is 2. The number of rotatable bonds is 5. The van der Waals surface area contributed by atoms with Crippen LogP contribution < -0.4 is 5.32 Å². The second-order valence-corrected chi connectivity index (χ2v) is 7.95. The number of hydrogen-bond acceptors (Lipinski definition) is 4. The lowest BCUT2D eigenvalue weighted by Gasteiger charge is -2.20. The molecule has 26 heavy (non-hydrogen) atoms. The number of thiophene rings is 1. The van der Waals surface area contributed by atoms with Crippen LogP contribution in [0.15, 0.2) is 24.3 Å². The fourth-order valence-corrected chi connectivity index (χ4v) is 4.76. The number of esters is 1. The van der Waals surface area contributed by atoms with Crippen molar-refractivity contribution in [3.05, 3.63) is 50.9 Å². The topological polar surface area (TPSA) is 55.4 Å². The maximum Gasteiger partial charge on any atom is 0.341 e. The number of benzene rings is 1. The van der Waals surface area contributed by atoms with Crippen molar-refractivity contribution in [2.45, 2.75) is 39.5 Å². The van der Waals surface area contributed by atoms with Gasteiger partial charge in [-0.25, -0.2) is 4.79 Å². The third-order valence-electron chi connectivity index (χ3n) is 4.76. The van der Waals surface area contributed by atoms with Crippen LogP contribution in [-0.4, -0.2) is 18.5 Å². The molecule has 4 nitrogen and oxygen atoms in total. The molecule has 0 unspecified atom stereocenters. The summed E-state index contributed by atoms with van der Waals surface area (Å²) in [5.41, 5.74) is 2.08. The van der Waals surface area contributed by atoms with E-state index in [0.29, 0.717) is 33.7 Å². The van der Waals surface area contributed by atoms with Gasteiger partial charge in [0.1, 0.15) is 5.00 Å². The molecule has 0 saturated carbocycles. The number of carbonyl (C=O) groups excluding carboxylic acids is 2. The van der Waals surface area contributed by atoms with E-state index in [4.69, 9.17) is 16.3 Å². The number of hydrogen-bond donors (Lipinski definition) is 1. The normalized spacial score (nSPS) is 16.0. The van der Waals surface area contributed by atoms with Crippen molar-refractivity contribution in [3.63, 3.8) is 0 Å². The highest BCUT2D eigenvalue weighted by Gasteiger charge is 2.29. The molecule has 0 spiro atoms.